The van der Waals surface area contributed by atoms with Crippen molar-refractivity contribution < 1.29 is 14.3 Å². The van der Waals surface area contributed by atoms with Crippen LogP contribution >= 0.6 is 0 Å². The van der Waals surface area contributed by atoms with Crippen LogP contribution in [0.25, 0.3) is 0 Å². The van der Waals surface area contributed by atoms with Crippen molar-refractivity contribution in [1.29, 1.82) is 0 Å². The molecule has 1 saturated carbocycles. The summed E-state index contributed by atoms with van der Waals surface area (Å²) in [6.45, 7) is 4.82. The first kappa shape index (κ1) is 20.7. The molecular formula is C17H34N4O3. The molecule has 7 heteroatoms. The molecule has 1 unspecified atom stereocenters. The molecule has 1 aliphatic rings. The molecule has 1 atom stereocenters. The maximum absolute atomic E-state index is 11.6. The van der Waals surface area contributed by atoms with E-state index in [1.165, 1.54) is 25.7 Å². The van der Waals surface area contributed by atoms with Gasteiger partial charge in [-0.3, -0.25) is 9.79 Å². The minimum absolute atomic E-state index is 0.0758. The van der Waals surface area contributed by atoms with Gasteiger partial charge in [-0.1, -0.05) is 12.8 Å². The van der Waals surface area contributed by atoms with E-state index in [1.54, 1.807) is 14.2 Å². The van der Waals surface area contributed by atoms with Crippen molar-refractivity contribution in [2.24, 2.45) is 10.9 Å². The minimum atomic E-state index is -0.0758. The number of hydrogen-bond acceptors (Lipinski definition) is 4. The Kier molecular flexibility index (Phi) is 11.2. The Morgan fingerprint density at radius 3 is 2.58 bits per heavy atom. The highest BCUT2D eigenvalue weighted by Crippen LogP contribution is 2.30. The Hall–Kier alpha value is -1.34. The molecule has 1 rings (SSSR count). The van der Waals surface area contributed by atoms with Crippen LogP contribution in [0.4, 0.5) is 0 Å². The van der Waals surface area contributed by atoms with Gasteiger partial charge in [0, 0.05) is 33.9 Å². The highest BCUT2D eigenvalue weighted by Gasteiger charge is 2.25. The number of amides is 1. The van der Waals surface area contributed by atoms with Crippen molar-refractivity contribution >= 4 is 11.9 Å². The van der Waals surface area contributed by atoms with Gasteiger partial charge in [-0.25, -0.2) is 0 Å². The summed E-state index contributed by atoms with van der Waals surface area (Å²) in [4.78, 5) is 15.8. The van der Waals surface area contributed by atoms with Crippen LogP contribution in [0.1, 0.15) is 39.0 Å². The summed E-state index contributed by atoms with van der Waals surface area (Å²) in [5, 5.41) is 9.04. The normalized spacial score (nSPS) is 16.9. The zero-order valence-electron chi connectivity index (χ0n) is 15.4. The molecule has 0 bridgehead atoms. The van der Waals surface area contributed by atoms with Gasteiger partial charge in [0.15, 0.2) is 5.96 Å². The fourth-order valence-corrected chi connectivity index (χ4v) is 3.07. The van der Waals surface area contributed by atoms with Crippen LogP contribution in [0.5, 0.6) is 0 Å². The number of hydrogen-bond donors (Lipinski definition) is 3. The number of aliphatic imine (C=N–C) groups is 1. The molecule has 140 valence electrons. The molecule has 1 aliphatic carbocycles. The van der Waals surface area contributed by atoms with Crippen molar-refractivity contribution in [2.75, 3.05) is 47.0 Å². The number of rotatable bonds is 11. The van der Waals surface area contributed by atoms with E-state index < -0.39 is 0 Å². The summed E-state index contributed by atoms with van der Waals surface area (Å²) in [5.41, 5.74) is 0. The Morgan fingerprint density at radius 1 is 1.21 bits per heavy atom. The highest BCUT2D eigenvalue weighted by molar-refractivity contribution is 5.86. The van der Waals surface area contributed by atoms with Gasteiger partial charge in [-0.15, -0.1) is 0 Å². The average Bonchev–Trinajstić information content (AvgIpc) is 3.11. The van der Waals surface area contributed by atoms with Crippen LogP contribution in [0.15, 0.2) is 4.99 Å². The predicted octanol–water partition coefficient (Wildman–Crippen LogP) is 0.899. The van der Waals surface area contributed by atoms with Crippen molar-refractivity contribution in [2.45, 2.75) is 45.1 Å². The lowest BCUT2D eigenvalue weighted by Gasteiger charge is -2.24. The molecule has 0 spiro atoms. The predicted molar refractivity (Wildman–Crippen MR) is 96.2 cm³/mol. The number of guanidine groups is 1. The third-order valence-corrected chi connectivity index (χ3v) is 4.30. The van der Waals surface area contributed by atoms with Gasteiger partial charge < -0.3 is 25.4 Å². The number of nitrogens with zero attached hydrogens (tertiary/aromatic N) is 1. The molecule has 0 aliphatic heterocycles. The van der Waals surface area contributed by atoms with Gasteiger partial charge in [0.2, 0.25) is 5.91 Å². The summed E-state index contributed by atoms with van der Waals surface area (Å²) in [6.07, 6.45) is 6.48. The number of nitrogens with one attached hydrogen (secondary N) is 3. The Bertz CT molecular complexity index is 371. The smallest absolute Gasteiger partial charge is 0.239 e. The molecule has 24 heavy (non-hydrogen) atoms. The zero-order valence-corrected chi connectivity index (χ0v) is 15.4. The molecule has 1 fully saturated rings. The van der Waals surface area contributed by atoms with E-state index in [4.69, 9.17) is 9.47 Å². The molecule has 1 amide bonds. The van der Waals surface area contributed by atoms with Crippen LogP contribution in [0.2, 0.25) is 0 Å². The summed E-state index contributed by atoms with van der Waals surface area (Å²) in [7, 11) is 3.31. The van der Waals surface area contributed by atoms with Gasteiger partial charge in [0.1, 0.15) is 0 Å². The van der Waals surface area contributed by atoms with Crippen LogP contribution in [-0.4, -0.2) is 65.0 Å². The molecule has 3 N–H and O–H groups in total. The second-order valence-corrected chi connectivity index (χ2v) is 6.02. The maximum Gasteiger partial charge on any atom is 0.239 e. The lowest BCUT2D eigenvalue weighted by atomic mass is 9.98. The minimum Gasteiger partial charge on any atom is -0.383 e. The van der Waals surface area contributed by atoms with Gasteiger partial charge in [0.05, 0.1) is 19.3 Å². The third-order valence-electron chi connectivity index (χ3n) is 4.30. The maximum atomic E-state index is 11.6. The quantitative estimate of drug-likeness (QED) is 0.295. The first-order valence-electron chi connectivity index (χ1n) is 9.03. The second kappa shape index (κ2) is 13.0. The van der Waals surface area contributed by atoms with Crippen molar-refractivity contribution in [3.05, 3.63) is 0 Å². The Labute approximate surface area is 146 Å². The molecule has 0 radical (unpaired) electrons. The van der Waals surface area contributed by atoms with Gasteiger partial charge in [0.25, 0.3) is 0 Å². The fraction of sp³-hybridized carbons (Fsp3) is 0.882. The summed E-state index contributed by atoms with van der Waals surface area (Å²) in [6, 6.07) is 0. The van der Waals surface area contributed by atoms with E-state index in [0.29, 0.717) is 31.1 Å². The molecule has 0 aromatic carbocycles. The lowest BCUT2D eigenvalue weighted by molar-refractivity contribution is -0.120. The van der Waals surface area contributed by atoms with E-state index in [2.05, 4.69) is 27.9 Å². The van der Waals surface area contributed by atoms with Crippen LogP contribution in [-0.2, 0) is 14.3 Å². The summed E-state index contributed by atoms with van der Waals surface area (Å²) < 4.78 is 10.8. The van der Waals surface area contributed by atoms with Crippen molar-refractivity contribution in [3.8, 4) is 0 Å². The highest BCUT2D eigenvalue weighted by atomic mass is 16.5. The van der Waals surface area contributed by atoms with E-state index in [-0.39, 0.29) is 12.5 Å². The molecule has 0 saturated heterocycles. The van der Waals surface area contributed by atoms with Crippen LogP contribution in [0, 0.1) is 5.92 Å². The van der Waals surface area contributed by atoms with E-state index in [0.717, 1.165) is 19.6 Å². The van der Waals surface area contributed by atoms with Gasteiger partial charge >= 0.3 is 0 Å². The first-order valence-corrected chi connectivity index (χ1v) is 9.03. The topological polar surface area (TPSA) is 84.0 Å². The van der Waals surface area contributed by atoms with E-state index in [1.807, 2.05) is 0 Å². The van der Waals surface area contributed by atoms with Gasteiger partial charge in [-0.05, 0) is 32.1 Å². The van der Waals surface area contributed by atoms with Gasteiger partial charge in [-0.2, -0.15) is 0 Å². The Balaban J connectivity index is 2.23. The number of ether oxygens (including phenoxy) is 2. The van der Waals surface area contributed by atoms with Crippen molar-refractivity contribution in [3.63, 3.8) is 0 Å². The molecule has 0 aromatic heterocycles. The largest absolute Gasteiger partial charge is 0.383 e. The number of carbonyl (C=O) groups is 1. The summed E-state index contributed by atoms with van der Waals surface area (Å²) >= 11 is 0. The molecule has 0 heterocycles. The average molecular weight is 342 g/mol. The SMILES string of the molecule is CCOC(CCNC(=NC)NCC(=O)NCCOC)C1CCCC1. The monoisotopic (exact) mass is 342 g/mol. The standard InChI is InChI=1S/C17H34N4O3/c1-4-24-15(14-7-5-6-8-14)9-10-20-17(18-2)21-13-16(22)19-11-12-23-3/h14-15H,4-13H2,1-3H3,(H,19,22)(H2,18,20,21). The van der Waals surface area contributed by atoms with Crippen molar-refractivity contribution in [1.82, 2.24) is 16.0 Å². The van der Waals surface area contributed by atoms with E-state index >= 15 is 0 Å². The molecule has 0 aromatic rings. The lowest BCUT2D eigenvalue weighted by Crippen LogP contribution is -2.44. The zero-order chi connectivity index (χ0) is 17.6. The first-order chi connectivity index (χ1) is 11.7. The third kappa shape index (κ3) is 8.49. The van der Waals surface area contributed by atoms with E-state index in [9.17, 15) is 4.79 Å². The Morgan fingerprint density at radius 2 is 1.96 bits per heavy atom. The molecule has 7 nitrogen and oxygen atoms in total. The van der Waals surface area contributed by atoms with Crippen LogP contribution in [0.3, 0.4) is 0 Å². The van der Waals surface area contributed by atoms with Crippen LogP contribution < -0.4 is 16.0 Å². The summed E-state index contributed by atoms with van der Waals surface area (Å²) in [5.74, 6) is 1.25. The second-order valence-electron chi connectivity index (χ2n) is 6.02. The number of methoxy groups -OCH3 is 1. The fourth-order valence-electron chi connectivity index (χ4n) is 3.07. The number of carbonyl (C=O) groups excluding carboxylic acids is 1. The molecular weight excluding hydrogens is 308 g/mol.